The minimum absolute atomic E-state index is 0.229. The van der Waals surface area contributed by atoms with Gasteiger partial charge in [0, 0.05) is 38.4 Å². The molecule has 122 valence electrons. The van der Waals surface area contributed by atoms with Gasteiger partial charge in [-0.05, 0) is 39.3 Å². The Morgan fingerprint density at radius 1 is 1.41 bits per heavy atom. The average Bonchev–Trinajstić information content (AvgIpc) is 2.41. The number of piperazine rings is 1. The molecule has 1 saturated heterocycles. The number of nitrogens with zero attached hydrogens (tertiary/aromatic N) is 3. The monoisotopic (exact) mass is 325 g/mol. The maximum Gasteiger partial charge on any atom is 0.410 e. The number of carbonyl (C=O) groups is 1. The Labute approximate surface area is 137 Å². The summed E-state index contributed by atoms with van der Waals surface area (Å²) in [7, 11) is 0. The normalized spacial score (nSPS) is 20.0. The van der Waals surface area contributed by atoms with Gasteiger partial charge in [0.05, 0.1) is 0 Å². The molecule has 1 atom stereocenters. The maximum absolute atomic E-state index is 12.1. The first-order valence-electron chi connectivity index (χ1n) is 7.57. The van der Waals surface area contributed by atoms with E-state index in [1.165, 1.54) is 0 Å². The number of carbonyl (C=O) groups excluding carboxylic acids is 1. The van der Waals surface area contributed by atoms with E-state index in [4.69, 9.17) is 16.3 Å². The first-order chi connectivity index (χ1) is 10.2. The second-order valence-corrected chi connectivity index (χ2v) is 7.12. The zero-order valence-electron chi connectivity index (χ0n) is 13.7. The zero-order chi connectivity index (χ0) is 16.3. The quantitative estimate of drug-likeness (QED) is 0.783. The predicted molar refractivity (Wildman–Crippen MR) is 86.9 cm³/mol. The van der Waals surface area contributed by atoms with Crippen molar-refractivity contribution in [2.75, 3.05) is 19.6 Å². The van der Waals surface area contributed by atoms with Crippen LogP contribution >= 0.6 is 11.6 Å². The van der Waals surface area contributed by atoms with Gasteiger partial charge in [-0.2, -0.15) is 0 Å². The van der Waals surface area contributed by atoms with Gasteiger partial charge in [0.1, 0.15) is 10.8 Å². The van der Waals surface area contributed by atoms with Gasteiger partial charge in [-0.1, -0.05) is 17.7 Å². The average molecular weight is 326 g/mol. The number of rotatable bonds is 2. The van der Waals surface area contributed by atoms with E-state index >= 15 is 0 Å². The summed E-state index contributed by atoms with van der Waals surface area (Å²) in [5, 5.41) is 0.506. The lowest BCUT2D eigenvalue weighted by Gasteiger charge is -2.40. The molecule has 0 saturated carbocycles. The van der Waals surface area contributed by atoms with Gasteiger partial charge in [0.15, 0.2) is 0 Å². The highest BCUT2D eigenvalue weighted by Gasteiger charge is 2.29. The van der Waals surface area contributed by atoms with Crippen molar-refractivity contribution >= 4 is 17.7 Å². The van der Waals surface area contributed by atoms with Crippen LogP contribution in [0, 0.1) is 0 Å². The minimum atomic E-state index is -0.452. The minimum Gasteiger partial charge on any atom is -0.444 e. The molecule has 1 aromatic rings. The summed E-state index contributed by atoms with van der Waals surface area (Å²) in [6, 6.07) is 4.07. The molecule has 2 rings (SSSR count). The molecule has 6 heteroatoms. The topological polar surface area (TPSA) is 45.7 Å². The summed E-state index contributed by atoms with van der Waals surface area (Å²) < 4.78 is 5.44. The van der Waals surface area contributed by atoms with Gasteiger partial charge in [0.25, 0.3) is 0 Å². The third-order valence-corrected chi connectivity index (χ3v) is 3.81. The molecule has 0 bridgehead atoms. The number of hydrogen-bond acceptors (Lipinski definition) is 4. The molecule has 0 N–H and O–H groups in total. The fraction of sp³-hybridized carbons (Fsp3) is 0.625. The van der Waals surface area contributed by atoms with Crippen molar-refractivity contribution in [2.24, 2.45) is 0 Å². The fourth-order valence-electron chi connectivity index (χ4n) is 2.46. The molecule has 1 aromatic heterocycles. The molecule has 5 nitrogen and oxygen atoms in total. The number of amides is 1. The molecular formula is C16H24ClN3O2. The van der Waals surface area contributed by atoms with Crippen LogP contribution in [-0.4, -0.2) is 52.2 Å². The number of hydrogen-bond donors (Lipinski definition) is 0. The third-order valence-electron chi connectivity index (χ3n) is 3.59. The van der Waals surface area contributed by atoms with E-state index in [0.717, 1.165) is 18.7 Å². The molecule has 0 radical (unpaired) electrons. The van der Waals surface area contributed by atoms with E-state index in [2.05, 4.69) is 16.8 Å². The number of pyridine rings is 1. The highest BCUT2D eigenvalue weighted by molar-refractivity contribution is 6.29. The molecule has 1 unspecified atom stereocenters. The Morgan fingerprint density at radius 3 is 2.68 bits per heavy atom. The number of aromatic nitrogens is 1. The van der Waals surface area contributed by atoms with Crippen LogP contribution in [0.2, 0.25) is 5.15 Å². The van der Waals surface area contributed by atoms with Crippen LogP contribution in [-0.2, 0) is 11.3 Å². The highest BCUT2D eigenvalue weighted by Crippen LogP contribution is 2.17. The first-order valence-corrected chi connectivity index (χ1v) is 7.95. The summed E-state index contributed by atoms with van der Waals surface area (Å²) in [6.07, 6.45) is 1.57. The van der Waals surface area contributed by atoms with Crippen molar-refractivity contribution in [3.8, 4) is 0 Å². The van der Waals surface area contributed by atoms with E-state index in [0.29, 0.717) is 18.2 Å². The molecule has 0 aliphatic carbocycles. The Hall–Kier alpha value is -1.33. The van der Waals surface area contributed by atoms with Crippen molar-refractivity contribution in [1.82, 2.24) is 14.8 Å². The van der Waals surface area contributed by atoms with E-state index in [1.54, 1.807) is 17.2 Å². The molecular weight excluding hydrogens is 302 g/mol. The standard InChI is InChI=1S/C16H24ClN3O2/c1-12-10-20(15(21)22-16(2,3)4)8-7-19(12)11-13-5-6-14(17)18-9-13/h5-6,9,12H,7-8,10-11H2,1-4H3. The lowest BCUT2D eigenvalue weighted by Crippen LogP contribution is -2.54. The summed E-state index contributed by atoms with van der Waals surface area (Å²) >= 11 is 5.81. The molecule has 0 spiro atoms. The Kier molecular flexibility index (Phi) is 5.29. The van der Waals surface area contributed by atoms with Crippen molar-refractivity contribution in [3.63, 3.8) is 0 Å². The second-order valence-electron chi connectivity index (χ2n) is 6.74. The van der Waals surface area contributed by atoms with Crippen LogP contribution in [0.3, 0.4) is 0 Å². The van der Waals surface area contributed by atoms with Crippen LogP contribution in [0.25, 0.3) is 0 Å². The summed E-state index contributed by atoms with van der Waals surface area (Å²) in [6.45, 7) is 10.8. The SMILES string of the molecule is CC1CN(C(=O)OC(C)(C)C)CCN1Cc1ccc(Cl)nc1. The summed E-state index contributed by atoms with van der Waals surface area (Å²) in [5.74, 6) is 0. The van der Waals surface area contributed by atoms with Crippen molar-refractivity contribution in [3.05, 3.63) is 29.0 Å². The van der Waals surface area contributed by atoms with Gasteiger partial charge in [0.2, 0.25) is 0 Å². The van der Waals surface area contributed by atoms with E-state index in [9.17, 15) is 4.79 Å². The smallest absolute Gasteiger partial charge is 0.410 e. The first kappa shape index (κ1) is 17.0. The van der Waals surface area contributed by atoms with Crippen molar-refractivity contribution in [2.45, 2.75) is 45.9 Å². The van der Waals surface area contributed by atoms with Crippen LogP contribution in [0.15, 0.2) is 18.3 Å². The molecule has 0 aromatic carbocycles. The van der Waals surface area contributed by atoms with Gasteiger partial charge in [-0.3, -0.25) is 4.90 Å². The second kappa shape index (κ2) is 6.84. The highest BCUT2D eigenvalue weighted by atomic mass is 35.5. The molecule has 1 aliphatic heterocycles. The lowest BCUT2D eigenvalue weighted by atomic mass is 10.1. The Balaban J connectivity index is 1.90. The van der Waals surface area contributed by atoms with E-state index in [-0.39, 0.29) is 12.1 Å². The molecule has 22 heavy (non-hydrogen) atoms. The lowest BCUT2D eigenvalue weighted by molar-refractivity contribution is 0.00460. The number of ether oxygens (including phenoxy) is 1. The van der Waals surface area contributed by atoms with Crippen molar-refractivity contribution in [1.29, 1.82) is 0 Å². The largest absolute Gasteiger partial charge is 0.444 e. The zero-order valence-corrected chi connectivity index (χ0v) is 14.4. The van der Waals surface area contributed by atoms with E-state index in [1.807, 2.05) is 26.8 Å². The van der Waals surface area contributed by atoms with Crippen LogP contribution < -0.4 is 0 Å². The fourth-order valence-corrected chi connectivity index (χ4v) is 2.57. The van der Waals surface area contributed by atoms with Crippen molar-refractivity contribution < 1.29 is 9.53 Å². The van der Waals surface area contributed by atoms with Crippen LogP contribution in [0.1, 0.15) is 33.3 Å². The molecule has 2 heterocycles. The van der Waals surface area contributed by atoms with Gasteiger partial charge >= 0.3 is 6.09 Å². The molecule has 1 amide bonds. The van der Waals surface area contributed by atoms with Gasteiger partial charge in [-0.25, -0.2) is 9.78 Å². The van der Waals surface area contributed by atoms with Crippen LogP contribution in [0.4, 0.5) is 4.79 Å². The summed E-state index contributed by atoms with van der Waals surface area (Å²) in [4.78, 5) is 20.4. The number of halogens is 1. The van der Waals surface area contributed by atoms with Gasteiger partial charge in [-0.15, -0.1) is 0 Å². The maximum atomic E-state index is 12.1. The third kappa shape index (κ3) is 4.85. The molecule has 1 fully saturated rings. The Bertz CT molecular complexity index is 513. The summed E-state index contributed by atoms with van der Waals surface area (Å²) in [5.41, 5.74) is 0.675. The Morgan fingerprint density at radius 2 is 2.14 bits per heavy atom. The van der Waals surface area contributed by atoms with Crippen LogP contribution in [0.5, 0.6) is 0 Å². The van der Waals surface area contributed by atoms with E-state index < -0.39 is 5.60 Å². The molecule has 1 aliphatic rings. The van der Waals surface area contributed by atoms with Gasteiger partial charge < -0.3 is 9.64 Å². The predicted octanol–water partition coefficient (Wildman–Crippen LogP) is 3.18.